The standard InChI is InChI=1S/C16H25ClN2O2/c1-4-11-6-5-9-19(11)13(10-18)12-7-8-14(20-2)16(21-3)15(12)17/h7-8,11,13H,4-6,9-10,18H2,1-3H3. The Labute approximate surface area is 132 Å². The number of methoxy groups -OCH3 is 2. The Kier molecular flexibility index (Phi) is 5.73. The van der Waals surface area contributed by atoms with Crippen LogP contribution in [-0.2, 0) is 0 Å². The van der Waals surface area contributed by atoms with Crippen LogP contribution >= 0.6 is 11.6 Å². The van der Waals surface area contributed by atoms with Crippen LogP contribution in [0.4, 0.5) is 0 Å². The summed E-state index contributed by atoms with van der Waals surface area (Å²) in [5, 5.41) is 0.606. The summed E-state index contributed by atoms with van der Waals surface area (Å²) in [7, 11) is 3.22. The van der Waals surface area contributed by atoms with Gasteiger partial charge in [0.15, 0.2) is 11.5 Å². The van der Waals surface area contributed by atoms with Crippen LogP contribution < -0.4 is 15.2 Å². The van der Waals surface area contributed by atoms with Crippen molar-refractivity contribution < 1.29 is 9.47 Å². The van der Waals surface area contributed by atoms with E-state index in [-0.39, 0.29) is 6.04 Å². The fraction of sp³-hybridized carbons (Fsp3) is 0.625. The first kappa shape index (κ1) is 16.4. The lowest BCUT2D eigenvalue weighted by atomic mass is 10.0. The Morgan fingerprint density at radius 1 is 1.38 bits per heavy atom. The maximum atomic E-state index is 6.55. The molecule has 0 spiro atoms. The van der Waals surface area contributed by atoms with Crippen LogP contribution in [0, 0.1) is 0 Å². The van der Waals surface area contributed by atoms with Crippen molar-refractivity contribution in [3.05, 3.63) is 22.7 Å². The first-order valence-corrected chi connectivity index (χ1v) is 7.91. The van der Waals surface area contributed by atoms with E-state index < -0.39 is 0 Å². The van der Waals surface area contributed by atoms with Gasteiger partial charge in [-0.2, -0.15) is 0 Å². The smallest absolute Gasteiger partial charge is 0.179 e. The molecule has 1 aliphatic rings. The topological polar surface area (TPSA) is 47.7 Å². The van der Waals surface area contributed by atoms with E-state index in [0.29, 0.717) is 29.1 Å². The molecule has 5 heteroatoms. The average molecular weight is 313 g/mol. The predicted octanol–water partition coefficient (Wildman–Crippen LogP) is 3.23. The van der Waals surface area contributed by atoms with Gasteiger partial charge in [-0.15, -0.1) is 0 Å². The van der Waals surface area contributed by atoms with E-state index in [0.717, 1.165) is 18.5 Å². The number of hydrogen-bond donors (Lipinski definition) is 1. The molecule has 1 fully saturated rings. The molecule has 4 nitrogen and oxygen atoms in total. The first-order chi connectivity index (χ1) is 10.2. The molecular formula is C16H25ClN2O2. The minimum absolute atomic E-state index is 0.129. The van der Waals surface area contributed by atoms with Crippen molar-refractivity contribution in [1.82, 2.24) is 4.90 Å². The summed E-state index contributed by atoms with van der Waals surface area (Å²) in [5.41, 5.74) is 7.09. The van der Waals surface area contributed by atoms with Crippen LogP contribution in [0.25, 0.3) is 0 Å². The Bertz CT molecular complexity index is 482. The lowest BCUT2D eigenvalue weighted by molar-refractivity contribution is 0.180. The van der Waals surface area contributed by atoms with E-state index >= 15 is 0 Å². The number of halogens is 1. The quantitative estimate of drug-likeness (QED) is 0.876. The zero-order valence-electron chi connectivity index (χ0n) is 13.1. The van der Waals surface area contributed by atoms with Crippen LogP contribution in [0.2, 0.25) is 5.02 Å². The third-order valence-electron chi connectivity index (χ3n) is 4.39. The Morgan fingerprint density at radius 3 is 2.71 bits per heavy atom. The number of benzene rings is 1. The molecule has 2 unspecified atom stereocenters. The van der Waals surface area contributed by atoms with Crippen LogP contribution in [0.1, 0.15) is 37.8 Å². The molecule has 1 saturated heterocycles. The lowest BCUT2D eigenvalue weighted by Gasteiger charge is -2.33. The molecule has 21 heavy (non-hydrogen) atoms. The van der Waals surface area contributed by atoms with Gasteiger partial charge in [0.2, 0.25) is 0 Å². The Hall–Kier alpha value is -0.970. The minimum Gasteiger partial charge on any atom is -0.493 e. The van der Waals surface area contributed by atoms with Crippen molar-refractivity contribution in [2.75, 3.05) is 27.3 Å². The third kappa shape index (κ3) is 3.12. The van der Waals surface area contributed by atoms with Crippen LogP contribution in [-0.4, -0.2) is 38.3 Å². The summed E-state index contributed by atoms with van der Waals surface area (Å²) < 4.78 is 10.7. The molecule has 2 rings (SSSR count). The van der Waals surface area contributed by atoms with E-state index in [9.17, 15) is 0 Å². The maximum absolute atomic E-state index is 6.55. The second-order valence-electron chi connectivity index (χ2n) is 5.40. The zero-order chi connectivity index (χ0) is 15.4. The van der Waals surface area contributed by atoms with E-state index in [4.69, 9.17) is 26.8 Å². The Balaban J connectivity index is 2.38. The second-order valence-corrected chi connectivity index (χ2v) is 5.78. The highest BCUT2D eigenvalue weighted by Crippen LogP contribution is 2.42. The number of hydrogen-bond acceptors (Lipinski definition) is 4. The Morgan fingerprint density at radius 2 is 2.14 bits per heavy atom. The molecule has 1 aliphatic heterocycles. The van der Waals surface area contributed by atoms with Crippen molar-refractivity contribution in [3.8, 4) is 11.5 Å². The molecule has 0 radical (unpaired) electrons. The number of nitrogens with zero attached hydrogens (tertiary/aromatic N) is 1. The first-order valence-electron chi connectivity index (χ1n) is 7.54. The van der Waals surface area contributed by atoms with Crippen molar-refractivity contribution >= 4 is 11.6 Å². The van der Waals surface area contributed by atoms with Gasteiger partial charge in [-0.3, -0.25) is 4.90 Å². The predicted molar refractivity (Wildman–Crippen MR) is 86.4 cm³/mol. The summed E-state index contributed by atoms with van der Waals surface area (Å²) in [6.45, 7) is 3.85. The molecule has 2 atom stereocenters. The molecule has 2 N–H and O–H groups in total. The maximum Gasteiger partial charge on any atom is 0.179 e. The molecule has 1 aromatic rings. The monoisotopic (exact) mass is 312 g/mol. The van der Waals surface area contributed by atoms with E-state index in [1.165, 1.54) is 12.8 Å². The van der Waals surface area contributed by atoms with Gasteiger partial charge >= 0.3 is 0 Å². The third-order valence-corrected chi connectivity index (χ3v) is 4.78. The van der Waals surface area contributed by atoms with Gasteiger partial charge in [0.25, 0.3) is 0 Å². The molecule has 0 aromatic heterocycles. The second kappa shape index (κ2) is 7.34. The number of nitrogens with two attached hydrogens (primary N) is 1. The molecule has 0 saturated carbocycles. The minimum atomic E-state index is 0.129. The van der Waals surface area contributed by atoms with Crippen LogP contribution in [0.3, 0.4) is 0 Å². The van der Waals surface area contributed by atoms with Crippen molar-refractivity contribution in [3.63, 3.8) is 0 Å². The van der Waals surface area contributed by atoms with Crippen LogP contribution in [0.15, 0.2) is 12.1 Å². The molecule has 1 heterocycles. The van der Waals surface area contributed by atoms with Gasteiger partial charge < -0.3 is 15.2 Å². The normalized spacial score (nSPS) is 20.5. The van der Waals surface area contributed by atoms with E-state index in [1.807, 2.05) is 12.1 Å². The average Bonchev–Trinajstić information content (AvgIpc) is 2.97. The van der Waals surface area contributed by atoms with Gasteiger partial charge in [-0.1, -0.05) is 24.6 Å². The molecule has 0 bridgehead atoms. The van der Waals surface area contributed by atoms with Gasteiger partial charge in [-0.05, 0) is 37.4 Å². The molecule has 118 valence electrons. The van der Waals surface area contributed by atoms with E-state index in [2.05, 4.69) is 11.8 Å². The zero-order valence-corrected chi connectivity index (χ0v) is 13.8. The SMILES string of the molecule is CCC1CCCN1C(CN)c1ccc(OC)c(OC)c1Cl. The van der Waals surface area contributed by atoms with Crippen molar-refractivity contribution in [2.24, 2.45) is 5.73 Å². The van der Waals surface area contributed by atoms with Crippen molar-refractivity contribution in [2.45, 2.75) is 38.3 Å². The number of likely N-dealkylation sites (tertiary alicyclic amines) is 1. The highest BCUT2D eigenvalue weighted by molar-refractivity contribution is 6.33. The highest BCUT2D eigenvalue weighted by Gasteiger charge is 2.31. The van der Waals surface area contributed by atoms with Gasteiger partial charge in [0.05, 0.1) is 19.2 Å². The largest absolute Gasteiger partial charge is 0.493 e. The summed E-state index contributed by atoms with van der Waals surface area (Å²) in [5.74, 6) is 1.23. The molecule has 1 aromatic carbocycles. The summed E-state index contributed by atoms with van der Waals surface area (Å²) in [4.78, 5) is 2.48. The summed E-state index contributed by atoms with van der Waals surface area (Å²) >= 11 is 6.55. The van der Waals surface area contributed by atoms with Crippen LogP contribution in [0.5, 0.6) is 11.5 Å². The van der Waals surface area contributed by atoms with Gasteiger partial charge in [0.1, 0.15) is 0 Å². The lowest BCUT2D eigenvalue weighted by Crippen LogP contribution is -2.37. The fourth-order valence-electron chi connectivity index (χ4n) is 3.31. The summed E-state index contributed by atoms with van der Waals surface area (Å²) in [6, 6.07) is 4.62. The molecular weight excluding hydrogens is 288 g/mol. The van der Waals surface area contributed by atoms with Crippen molar-refractivity contribution in [1.29, 1.82) is 0 Å². The van der Waals surface area contributed by atoms with Gasteiger partial charge in [-0.25, -0.2) is 0 Å². The number of ether oxygens (including phenoxy) is 2. The highest BCUT2D eigenvalue weighted by atomic mass is 35.5. The van der Waals surface area contributed by atoms with Gasteiger partial charge in [0, 0.05) is 18.6 Å². The molecule has 0 aliphatic carbocycles. The van der Waals surface area contributed by atoms with E-state index in [1.54, 1.807) is 14.2 Å². The number of rotatable bonds is 6. The summed E-state index contributed by atoms with van der Waals surface area (Å²) in [6.07, 6.45) is 3.60. The fourth-order valence-corrected chi connectivity index (χ4v) is 3.67. The molecule has 0 amide bonds.